The third-order valence-electron chi connectivity index (χ3n) is 7.94. The number of ether oxygens (including phenoxy) is 1. The van der Waals surface area contributed by atoms with Gasteiger partial charge in [-0.1, -0.05) is 5.04 Å². The summed E-state index contributed by atoms with van der Waals surface area (Å²) < 4.78 is 78.8. The molecule has 7 rings (SSSR count). The topological polar surface area (TPSA) is 253 Å². The molecule has 0 saturated heterocycles. The summed E-state index contributed by atoms with van der Waals surface area (Å²) in [5.41, 5.74) is -4.27. The lowest BCUT2D eigenvalue weighted by molar-refractivity contribution is -0.432. The van der Waals surface area contributed by atoms with E-state index >= 15 is 0 Å². The quantitative estimate of drug-likeness (QED) is 0.0551. The summed E-state index contributed by atoms with van der Waals surface area (Å²) in [5.74, 6) is -0.0677. The number of benzene rings is 6. The minimum Gasteiger partial charge on any atom is -0.490 e. The normalized spacial score (nSPS) is 12.7. The van der Waals surface area contributed by atoms with E-state index in [2.05, 4.69) is 19.3 Å². The summed E-state index contributed by atoms with van der Waals surface area (Å²) in [6.45, 7) is 0. The number of H-pyrrole nitrogens is 2. The van der Waals surface area contributed by atoms with Crippen LogP contribution >= 0.6 is 12.0 Å². The van der Waals surface area contributed by atoms with Crippen LogP contribution in [-0.4, -0.2) is 38.3 Å². The molecule has 19 heteroatoms. The predicted octanol–water partition coefficient (Wildman–Crippen LogP) is 1.48. The van der Waals surface area contributed by atoms with Crippen LogP contribution < -0.4 is 36.4 Å². The number of rotatable bonds is 6. The molecule has 0 unspecified atom stereocenters. The van der Waals surface area contributed by atoms with Crippen LogP contribution in [0, 0.1) is 0 Å². The van der Waals surface area contributed by atoms with Gasteiger partial charge in [0.1, 0.15) is 10.8 Å². The monoisotopic (exact) mass is 712 g/mol. The van der Waals surface area contributed by atoms with E-state index in [1.54, 1.807) is 0 Å². The Kier molecular flexibility index (Phi) is 7.09. The van der Waals surface area contributed by atoms with Crippen molar-refractivity contribution in [3.05, 3.63) is 89.4 Å². The maximum absolute atomic E-state index is 14.0. The van der Waals surface area contributed by atoms with Gasteiger partial charge in [-0.2, -0.15) is 26.8 Å². The van der Waals surface area contributed by atoms with Crippen molar-refractivity contribution in [2.24, 2.45) is 0 Å². The number of fused-ring (bicyclic) bond motifs is 8. The highest BCUT2D eigenvalue weighted by atomic mass is 32.2. The molecule has 1 aromatic heterocycles. The first-order valence-electron chi connectivity index (χ1n) is 13.2. The molecule has 0 aliphatic heterocycles. The predicted molar refractivity (Wildman–Crippen MR) is 169 cm³/mol. The third-order valence-corrected chi connectivity index (χ3v) is 10.2. The SMILES string of the molecule is COc1cc2c(=O)c3ccc(S(=O)(=O)O)cc3c(=O)c2c2[nH+]c3c(S(=O)(=O)O)cc4c(=O)c5ccc(SOOO)cc5c(=O)c4c3[nH+]c12. The van der Waals surface area contributed by atoms with Crippen molar-refractivity contribution in [2.45, 2.75) is 14.7 Å². The van der Waals surface area contributed by atoms with Crippen molar-refractivity contribution < 1.29 is 55.3 Å². The number of hydrogen-bond donors (Lipinski definition) is 3. The van der Waals surface area contributed by atoms with E-state index in [4.69, 9.17) is 9.99 Å². The second-order valence-corrected chi connectivity index (χ2v) is 14.0. The molecule has 0 fully saturated rings. The van der Waals surface area contributed by atoms with Gasteiger partial charge < -0.3 is 4.74 Å². The van der Waals surface area contributed by atoms with Gasteiger partial charge in [0.2, 0.25) is 10.9 Å². The molecule has 242 valence electrons. The number of nitrogens with one attached hydrogen (secondary N) is 2. The van der Waals surface area contributed by atoms with E-state index in [1.165, 1.54) is 31.4 Å². The molecular weight excluding hydrogens is 697 g/mol. The molecule has 48 heavy (non-hydrogen) atoms. The van der Waals surface area contributed by atoms with E-state index in [0.717, 1.165) is 24.3 Å². The zero-order valence-corrected chi connectivity index (χ0v) is 26.1. The van der Waals surface area contributed by atoms with Crippen LogP contribution in [0.2, 0.25) is 0 Å². The smallest absolute Gasteiger partial charge is 0.319 e. The highest BCUT2D eigenvalue weighted by Crippen LogP contribution is 2.32. The van der Waals surface area contributed by atoms with E-state index in [1.807, 2.05) is 0 Å². The molecule has 1 heterocycles. The Morgan fingerprint density at radius 3 is 1.77 bits per heavy atom. The Balaban J connectivity index is 1.73. The fourth-order valence-corrected chi connectivity index (χ4v) is 7.49. The standard InChI is InChI=1S/C29H14N2O14S3/c1-43-18-8-16-20(29(35)15-7-11(47(37,38)39)3-5-13(15)26(16)32)24-22(18)30-25-21-17(9-19(23(25)31-24)48(40,41)42)27(33)12-4-2-10(46-45-44-36)6-14(12)28(21)34/h2-9,36H,1H3,(H,37,38,39)(H,40,41,42)/p+2. The van der Waals surface area contributed by atoms with Gasteiger partial charge in [-0.05, 0) is 48.5 Å². The summed E-state index contributed by atoms with van der Waals surface area (Å²) in [7, 11) is -8.70. The molecule has 7 aromatic rings. The lowest BCUT2D eigenvalue weighted by Gasteiger charge is -2.07. The lowest BCUT2D eigenvalue weighted by Crippen LogP contribution is -2.26. The average molecular weight is 713 g/mol. The van der Waals surface area contributed by atoms with Gasteiger partial charge in [0.15, 0.2) is 21.5 Å². The summed E-state index contributed by atoms with van der Waals surface area (Å²) in [6.07, 6.45) is 0. The Labute approximate surface area is 269 Å². The first kappa shape index (κ1) is 31.6. The zero-order chi connectivity index (χ0) is 34.4. The van der Waals surface area contributed by atoms with Gasteiger partial charge in [0.05, 0.1) is 24.0 Å². The van der Waals surface area contributed by atoms with Gasteiger partial charge in [-0.3, -0.25) is 28.3 Å². The van der Waals surface area contributed by atoms with Crippen molar-refractivity contribution in [1.29, 1.82) is 0 Å². The summed E-state index contributed by atoms with van der Waals surface area (Å²) in [5, 5.41) is 10.0. The third kappa shape index (κ3) is 4.64. The van der Waals surface area contributed by atoms with Crippen molar-refractivity contribution in [3.63, 3.8) is 0 Å². The maximum atomic E-state index is 14.0. The van der Waals surface area contributed by atoms with Crippen LogP contribution in [0.5, 0.6) is 5.75 Å². The minimum absolute atomic E-state index is 0.0677. The van der Waals surface area contributed by atoms with Crippen LogP contribution in [0.25, 0.3) is 65.2 Å². The summed E-state index contributed by atoms with van der Waals surface area (Å²) in [6, 6.07) is 8.76. The molecular formula is C29H16N2O14S3+2. The van der Waals surface area contributed by atoms with Crippen molar-refractivity contribution in [3.8, 4) is 5.75 Å². The van der Waals surface area contributed by atoms with E-state index in [9.17, 15) is 45.1 Å². The zero-order valence-electron chi connectivity index (χ0n) is 23.7. The molecule has 16 nitrogen and oxygen atoms in total. The largest absolute Gasteiger partial charge is 0.490 e. The number of aromatic amines is 2. The summed E-state index contributed by atoms with van der Waals surface area (Å²) >= 11 is 0.519. The number of aromatic nitrogens is 2. The molecule has 5 N–H and O–H groups in total. The van der Waals surface area contributed by atoms with E-state index in [-0.39, 0.29) is 70.3 Å². The van der Waals surface area contributed by atoms with Gasteiger partial charge in [0, 0.05) is 37.2 Å². The molecule has 0 radical (unpaired) electrons. The molecule has 0 atom stereocenters. The molecule has 0 amide bonds. The molecule has 0 aliphatic rings. The van der Waals surface area contributed by atoms with Crippen LogP contribution in [0.1, 0.15) is 0 Å². The van der Waals surface area contributed by atoms with Crippen LogP contribution in [0.15, 0.2) is 82.4 Å². The number of hydrogen-bond acceptors (Lipinski definition) is 13. The van der Waals surface area contributed by atoms with Crippen LogP contribution in [0.4, 0.5) is 0 Å². The minimum atomic E-state index is -5.15. The fourth-order valence-electron chi connectivity index (χ4n) is 5.90. The first-order chi connectivity index (χ1) is 22.6. The van der Waals surface area contributed by atoms with Gasteiger partial charge in [0.25, 0.3) is 26.7 Å². The Morgan fingerprint density at radius 2 is 1.19 bits per heavy atom. The number of methoxy groups -OCH3 is 1. The molecule has 0 bridgehead atoms. The first-order valence-corrected chi connectivity index (χ1v) is 16.8. The second kappa shape index (κ2) is 10.8. The Bertz CT molecular complexity index is 3070. The molecule has 6 aromatic carbocycles. The summed E-state index contributed by atoms with van der Waals surface area (Å²) in [4.78, 5) is 59.5. The Morgan fingerprint density at radius 1 is 0.625 bits per heavy atom. The van der Waals surface area contributed by atoms with E-state index in [0.29, 0.717) is 12.0 Å². The fraction of sp³-hybridized carbons (Fsp3) is 0.0345. The molecule has 0 saturated carbocycles. The average Bonchev–Trinajstić information content (AvgIpc) is 3.05. The van der Waals surface area contributed by atoms with E-state index < -0.39 is 57.3 Å². The van der Waals surface area contributed by atoms with Gasteiger partial charge in [-0.25, -0.2) is 5.26 Å². The highest BCUT2D eigenvalue weighted by molar-refractivity contribution is 7.94. The van der Waals surface area contributed by atoms with Gasteiger partial charge >= 0.3 is 15.6 Å². The van der Waals surface area contributed by atoms with Crippen molar-refractivity contribution in [1.82, 2.24) is 0 Å². The van der Waals surface area contributed by atoms with Crippen molar-refractivity contribution in [2.75, 3.05) is 7.11 Å². The Hall–Kier alpha value is -4.99. The van der Waals surface area contributed by atoms with Crippen LogP contribution in [0.3, 0.4) is 0 Å². The molecule has 0 spiro atoms. The van der Waals surface area contributed by atoms with Crippen LogP contribution in [-0.2, 0) is 29.6 Å². The maximum Gasteiger partial charge on any atom is 0.319 e. The lowest BCUT2D eigenvalue weighted by atomic mass is 9.99. The highest BCUT2D eigenvalue weighted by Gasteiger charge is 2.34. The second-order valence-electron chi connectivity index (χ2n) is 10.5. The van der Waals surface area contributed by atoms with Gasteiger partial charge in [-0.15, -0.1) is 4.33 Å². The molecule has 0 aliphatic carbocycles. The van der Waals surface area contributed by atoms with Crippen molar-refractivity contribution >= 4 is 97.4 Å².